The Labute approximate surface area is 614 Å². The molecule has 560 valence electrons. The summed E-state index contributed by atoms with van der Waals surface area (Å²) < 4.78 is 93.1. The third-order valence-electron chi connectivity index (χ3n) is 16.8. The van der Waals surface area contributed by atoms with Gasteiger partial charge in [-0.2, -0.15) is 0 Å². The number of benzene rings is 6. The molecular weight excluding hydrogens is 1410 g/mol. The molecule has 7 atom stereocenters. The van der Waals surface area contributed by atoms with Crippen LogP contribution in [0.4, 0.5) is 31.1 Å². The number of aliphatic hydroxyl groups is 2. The van der Waals surface area contributed by atoms with Gasteiger partial charge in [-0.3, -0.25) is 24.2 Å². The Bertz CT molecular complexity index is 3930. The molecule has 1 aliphatic heterocycles. The maximum atomic E-state index is 14.1. The number of amides is 5. The van der Waals surface area contributed by atoms with Crippen molar-refractivity contribution in [3.05, 3.63) is 234 Å². The van der Waals surface area contributed by atoms with Gasteiger partial charge >= 0.3 is 6.09 Å². The zero-order valence-corrected chi connectivity index (χ0v) is 62.2. The van der Waals surface area contributed by atoms with Gasteiger partial charge in [0.05, 0.1) is 37.0 Å². The van der Waals surface area contributed by atoms with E-state index in [2.05, 4.69) is 48.2 Å². The number of pyridine rings is 1. The Morgan fingerprint density at radius 3 is 1.46 bits per heavy atom. The number of rotatable bonds is 29. The first-order valence-electron chi connectivity index (χ1n) is 35.0. The Morgan fingerprint density at radius 1 is 0.596 bits per heavy atom. The monoisotopic (exact) mass is 1510 g/mol. The van der Waals surface area contributed by atoms with Crippen LogP contribution in [0, 0.1) is 54.7 Å². The zero-order valence-electron chi connectivity index (χ0n) is 60.6. The molecule has 0 spiro atoms. The normalized spacial score (nSPS) is 14.8. The van der Waals surface area contributed by atoms with Crippen molar-refractivity contribution in [2.75, 3.05) is 39.8 Å². The van der Waals surface area contributed by atoms with E-state index in [1.165, 1.54) is 30.0 Å². The number of nitrogens with one attached hydrogen (secondary N) is 4. The minimum atomic E-state index is -1.27. The summed E-state index contributed by atoms with van der Waals surface area (Å²) in [4.78, 5) is 83.8. The van der Waals surface area contributed by atoms with E-state index >= 15 is 0 Å². The molecule has 8 rings (SSSR count). The molecule has 7 aromatic rings. The molecule has 1 aliphatic rings. The van der Waals surface area contributed by atoms with E-state index in [1.807, 2.05) is 52.8 Å². The van der Waals surface area contributed by atoms with Gasteiger partial charge in [-0.05, 0) is 258 Å². The van der Waals surface area contributed by atoms with Crippen LogP contribution in [0.15, 0.2) is 138 Å². The largest absolute Gasteiger partial charge is 0.497 e. The number of alkyl carbamates (subject to hydrolysis) is 1. The van der Waals surface area contributed by atoms with E-state index in [-0.39, 0.29) is 65.1 Å². The molecule has 1 fully saturated rings. The molecule has 3 unspecified atom stereocenters. The van der Waals surface area contributed by atoms with Crippen LogP contribution < -0.4 is 26.0 Å². The lowest BCUT2D eigenvalue weighted by molar-refractivity contribution is -0.109. The number of carbonyl (C=O) groups is 6. The van der Waals surface area contributed by atoms with Crippen molar-refractivity contribution < 1.29 is 74.8 Å². The summed E-state index contributed by atoms with van der Waals surface area (Å²) in [6.07, 6.45) is 4.53. The van der Waals surface area contributed by atoms with Crippen LogP contribution in [0.3, 0.4) is 0 Å². The Morgan fingerprint density at radius 2 is 1.05 bits per heavy atom. The van der Waals surface area contributed by atoms with Gasteiger partial charge in [0, 0.05) is 83.3 Å². The summed E-state index contributed by atoms with van der Waals surface area (Å²) in [5, 5.41) is 34.3. The number of nitrogens with zero attached hydrogens (tertiary/aromatic N) is 3. The molecule has 5 amide bonds. The molecule has 0 radical (unpaired) electrons. The highest BCUT2D eigenvalue weighted by molar-refractivity contribution is 9.10. The average molecular weight is 1510 g/mol. The third-order valence-corrected chi connectivity index (χ3v) is 17.3. The number of aliphatic hydroxyl groups excluding tert-OH is 2. The average Bonchev–Trinajstić information content (AvgIpc) is 0.761. The van der Waals surface area contributed by atoms with Gasteiger partial charge in [0.25, 0.3) is 23.6 Å². The molecule has 6 aromatic carbocycles. The molecule has 0 saturated carbocycles. The highest BCUT2D eigenvalue weighted by atomic mass is 79.9. The van der Waals surface area contributed by atoms with Crippen molar-refractivity contribution in [1.29, 1.82) is 0 Å². The SMILES string of the molecule is CC(C)(C)OC(=O)N[C@H](C=O)Cc1cc(F)cc(F)c1.CCCN(CCC)C(=O)c1cc(C)cc(C(=O)N[C@@H](Cc2cc(F)cc(F)c2)C(O)c2ccc(Br)cn2)c1.CCCN(CCC)C(=O)c1cc(C)cc(C(=O)N[C@@H](Cc2cc(F)cc(F)c2)[C@H](O)C2CCC(Cc3cccc(OC)c3)CN2)c1. The minimum absolute atomic E-state index is 0.0164. The number of aromatic nitrogens is 1. The summed E-state index contributed by atoms with van der Waals surface area (Å²) >= 11 is 3.30. The molecule has 17 nitrogen and oxygen atoms in total. The zero-order chi connectivity index (χ0) is 76.4. The number of halogens is 7. The minimum Gasteiger partial charge on any atom is -0.497 e. The number of methoxy groups -OCH3 is 1. The number of hydrogen-bond acceptors (Lipinski definition) is 12. The van der Waals surface area contributed by atoms with Gasteiger partial charge in [-0.15, -0.1) is 0 Å². The van der Waals surface area contributed by atoms with E-state index in [4.69, 9.17) is 9.47 Å². The molecule has 0 aliphatic carbocycles. The lowest BCUT2D eigenvalue weighted by Gasteiger charge is -2.36. The van der Waals surface area contributed by atoms with Crippen molar-refractivity contribution in [1.82, 2.24) is 36.1 Å². The number of piperidine rings is 1. The fourth-order valence-corrected chi connectivity index (χ4v) is 12.5. The maximum Gasteiger partial charge on any atom is 0.408 e. The quantitative estimate of drug-likeness (QED) is 0.0190. The predicted molar refractivity (Wildman–Crippen MR) is 391 cm³/mol. The standard InChI is InChI=1S/C37H47F2N3O4.C29H32BrF2N3O3.C14H17F2NO3/c1-5-12-42(13-6-2)37(45)29-15-24(3)14-28(21-29)36(44)41-34(20-27-17-30(38)22-31(39)18-27)35(43)33-11-10-26(23-40-33)16-25-8-7-9-32(19-25)46-4;1-4-8-35(9-5-2)29(38)21-11-18(3)10-20(15-21)28(37)34-26(14-19-12-23(31)16-24(32)13-19)27(36)25-7-6-22(30)17-33-25;1-14(2,3)20-13(19)17-12(8-18)6-9-4-10(15)7-11(16)5-9/h7-9,14-15,17-19,21-22,26,33-35,40,43H,5-6,10-13,16,20,23H2,1-4H3,(H,41,44);6-7,10-13,15-17,26-27,36H,4-5,8-9,14H2,1-3H3,(H,34,37);4-5,7-8,12H,6H2,1-3H3,(H,17,19)/t26?,33?,34-,35+;26-,27?;12-/m000/s1. The summed E-state index contributed by atoms with van der Waals surface area (Å²) in [6, 6.07) is 27.4. The smallest absolute Gasteiger partial charge is 0.408 e. The highest BCUT2D eigenvalue weighted by Crippen LogP contribution is 2.27. The lowest BCUT2D eigenvalue weighted by atomic mass is 9.85. The second-order valence-electron chi connectivity index (χ2n) is 27.1. The lowest BCUT2D eigenvalue weighted by Crippen LogP contribution is -2.56. The van der Waals surface area contributed by atoms with E-state index in [1.54, 1.807) is 87.1 Å². The van der Waals surface area contributed by atoms with Crippen LogP contribution in [-0.2, 0) is 35.2 Å². The molecule has 1 saturated heterocycles. The van der Waals surface area contributed by atoms with Gasteiger partial charge < -0.3 is 55.5 Å². The number of aryl methyl sites for hydroxylation is 2. The van der Waals surface area contributed by atoms with Crippen molar-refractivity contribution in [3.8, 4) is 5.75 Å². The number of carbonyl (C=O) groups excluding carboxylic acids is 6. The fraction of sp³-hybridized carbons (Fsp3) is 0.412. The first kappa shape index (κ1) is 84.0. The van der Waals surface area contributed by atoms with Gasteiger partial charge in [0.1, 0.15) is 58.6 Å². The van der Waals surface area contributed by atoms with Gasteiger partial charge in [0.15, 0.2) is 0 Å². The summed E-state index contributed by atoms with van der Waals surface area (Å²) in [5.74, 6) is -4.56. The number of aldehydes is 1. The molecule has 0 bridgehead atoms. The highest BCUT2D eigenvalue weighted by Gasteiger charge is 2.34. The molecular formula is C80H96BrF6N7O10. The molecule has 104 heavy (non-hydrogen) atoms. The fourth-order valence-electron chi connectivity index (χ4n) is 12.3. The van der Waals surface area contributed by atoms with Gasteiger partial charge in [-0.25, -0.2) is 31.1 Å². The van der Waals surface area contributed by atoms with Crippen LogP contribution >= 0.6 is 15.9 Å². The Balaban J connectivity index is 0.000000263. The number of ether oxygens (including phenoxy) is 2. The molecule has 1 aromatic heterocycles. The first-order chi connectivity index (χ1) is 49.4. The van der Waals surface area contributed by atoms with Crippen LogP contribution in [0.25, 0.3) is 0 Å². The van der Waals surface area contributed by atoms with Crippen LogP contribution in [0.2, 0.25) is 0 Å². The summed E-state index contributed by atoms with van der Waals surface area (Å²) in [6.45, 7) is 19.8. The topological polar surface area (TPSA) is 229 Å². The van der Waals surface area contributed by atoms with E-state index in [9.17, 15) is 65.3 Å². The van der Waals surface area contributed by atoms with Crippen molar-refractivity contribution >= 4 is 51.9 Å². The first-order valence-corrected chi connectivity index (χ1v) is 35.8. The van der Waals surface area contributed by atoms with Gasteiger partial charge in [0.2, 0.25) is 0 Å². The van der Waals surface area contributed by atoms with Crippen LogP contribution in [0.1, 0.15) is 174 Å². The van der Waals surface area contributed by atoms with Gasteiger partial charge in [-0.1, -0.05) is 39.8 Å². The second-order valence-corrected chi connectivity index (χ2v) is 28.0. The Hall–Kier alpha value is -8.97. The van der Waals surface area contributed by atoms with E-state index < -0.39 is 88.7 Å². The van der Waals surface area contributed by atoms with Crippen LogP contribution in [0.5, 0.6) is 5.75 Å². The van der Waals surface area contributed by atoms with E-state index in [0.717, 1.165) is 97.9 Å². The summed E-state index contributed by atoms with van der Waals surface area (Å²) in [5.41, 5.74) is 4.46. The summed E-state index contributed by atoms with van der Waals surface area (Å²) in [7, 11) is 1.65. The Kier molecular flexibility index (Phi) is 33.0. The predicted octanol–water partition coefficient (Wildman–Crippen LogP) is 14.2. The molecule has 24 heteroatoms. The second kappa shape index (κ2) is 40.9. The van der Waals surface area contributed by atoms with Crippen molar-refractivity contribution in [3.63, 3.8) is 0 Å². The van der Waals surface area contributed by atoms with E-state index in [0.29, 0.717) is 72.5 Å². The van der Waals surface area contributed by atoms with Crippen LogP contribution in [-0.4, -0.2) is 137 Å². The third kappa shape index (κ3) is 27.3. The number of hydrogen-bond donors (Lipinski definition) is 6. The molecule has 6 N–H and O–H groups in total. The van der Waals surface area contributed by atoms with Crippen molar-refractivity contribution in [2.45, 2.75) is 168 Å². The van der Waals surface area contributed by atoms with Crippen molar-refractivity contribution in [2.24, 2.45) is 5.92 Å². The maximum absolute atomic E-state index is 14.1. The molecule has 2 heterocycles.